The van der Waals surface area contributed by atoms with E-state index in [1.54, 1.807) is 24.3 Å². The minimum absolute atomic E-state index is 0.178. The standard InChI is InChI=1S/C17H14BrFO4/c1-22-15-9-11(5-6-16(20)21)8-14(18)17(15)23-10-12-3-2-4-13(19)7-12/h2-9H,10H2,1H3,(H,20,21). The first-order valence-corrected chi connectivity index (χ1v) is 7.44. The highest BCUT2D eigenvalue weighted by molar-refractivity contribution is 9.10. The summed E-state index contributed by atoms with van der Waals surface area (Å²) < 4.78 is 24.8. The van der Waals surface area contributed by atoms with Crippen LogP contribution in [-0.2, 0) is 11.4 Å². The summed E-state index contributed by atoms with van der Waals surface area (Å²) in [6, 6.07) is 9.50. The Morgan fingerprint density at radius 1 is 1.35 bits per heavy atom. The molecule has 0 heterocycles. The van der Waals surface area contributed by atoms with Gasteiger partial charge in [0, 0.05) is 6.08 Å². The van der Waals surface area contributed by atoms with Gasteiger partial charge in [0.1, 0.15) is 12.4 Å². The van der Waals surface area contributed by atoms with Gasteiger partial charge in [-0.2, -0.15) is 0 Å². The summed E-state index contributed by atoms with van der Waals surface area (Å²) in [5.74, 6) is -0.456. The number of benzene rings is 2. The fourth-order valence-electron chi connectivity index (χ4n) is 1.93. The van der Waals surface area contributed by atoms with Gasteiger partial charge in [0.05, 0.1) is 11.6 Å². The molecular weight excluding hydrogens is 367 g/mol. The predicted octanol–water partition coefficient (Wildman–Crippen LogP) is 4.27. The van der Waals surface area contributed by atoms with Crippen molar-refractivity contribution < 1.29 is 23.8 Å². The van der Waals surface area contributed by atoms with Gasteiger partial charge in [-0.1, -0.05) is 12.1 Å². The fraction of sp³-hybridized carbons (Fsp3) is 0.118. The van der Waals surface area contributed by atoms with E-state index in [0.717, 1.165) is 6.08 Å². The molecule has 2 aromatic carbocycles. The van der Waals surface area contributed by atoms with Gasteiger partial charge in [0.25, 0.3) is 0 Å². The van der Waals surface area contributed by atoms with Crippen LogP contribution >= 0.6 is 15.9 Å². The van der Waals surface area contributed by atoms with Crippen LogP contribution in [0, 0.1) is 5.82 Å². The minimum atomic E-state index is -1.04. The van der Waals surface area contributed by atoms with E-state index in [2.05, 4.69) is 15.9 Å². The molecule has 0 bridgehead atoms. The number of carboxylic acid groups (broad SMARTS) is 1. The number of carbonyl (C=O) groups is 1. The van der Waals surface area contributed by atoms with Gasteiger partial charge in [0.2, 0.25) is 0 Å². The molecule has 0 aliphatic heterocycles. The molecule has 0 spiro atoms. The van der Waals surface area contributed by atoms with Crippen LogP contribution in [0.1, 0.15) is 11.1 Å². The largest absolute Gasteiger partial charge is 0.493 e. The lowest BCUT2D eigenvalue weighted by molar-refractivity contribution is -0.131. The molecule has 0 unspecified atom stereocenters. The molecule has 0 amide bonds. The molecule has 23 heavy (non-hydrogen) atoms. The number of methoxy groups -OCH3 is 1. The van der Waals surface area contributed by atoms with Crippen molar-refractivity contribution >= 4 is 28.0 Å². The van der Waals surface area contributed by atoms with E-state index in [-0.39, 0.29) is 12.4 Å². The predicted molar refractivity (Wildman–Crippen MR) is 88.1 cm³/mol. The Balaban J connectivity index is 2.22. The Hall–Kier alpha value is -2.34. The fourth-order valence-corrected chi connectivity index (χ4v) is 2.50. The zero-order valence-electron chi connectivity index (χ0n) is 12.3. The maximum Gasteiger partial charge on any atom is 0.328 e. The van der Waals surface area contributed by atoms with Gasteiger partial charge < -0.3 is 14.6 Å². The van der Waals surface area contributed by atoms with Crippen LogP contribution in [0.25, 0.3) is 6.08 Å². The average Bonchev–Trinajstić information content (AvgIpc) is 2.51. The minimum Gasteiger partial charge on any atom is -0.493 e. The number of hydrogen-bond donors (Lipinski definition) is 1. The zero-order chi connectivity index (χ0) is 16.8. The molecule has 0 saturated carbocycles. The van der Waals surface area contributed by atoms with Crippen LogP contribution in [0.15, 0.2) is 46.9 Å². The smallest absolute Gasteiger partial charge is 0.328 e. The summed E-state index contributed by atoms with van der Waals surface area (Å²) in [5, 5.41) is 8.67. The van der Waals surface area contributed by atoms with E-state index in [4.69, 9.17) is 14.6 Å². The summed E-state index contributed by atoms with van der Waals surface area (Å²) in [5.41, 5.74) is 1.34. The first-order chi connectivity index (χ1) is 11.0. The first kappa shape index (κ1) is 17.0. The molecule has 0 fully saturated rings. The van der Waals surface area contributed by atoms with Crippen LogP contribution < -0.4 is 9.47 Å². The summed E-state index contributed by atoms with van der Waals surface area (Å²) in [7, 11) is 1.49. The van der Waals surface area contributed by atoms with E-state index in [9.17, 15) is 9.18 Å². The third-order valence-corrected chi connectivity index (χ3v) is 3.53. The van der Waals surface area contributed by atoms with E-state index >= 15 is 0 Å². The van der Waals surface area contributed by atoms with Crippen molar-refractivity contribution in [1.29, 1.82) is 0 Å². The van der Waals surface area contributed by atoms with Gasteiger partial charge >= 0.3 is 5.97 Å². The van der Waals surface area contributed by atoms with E-state index in [0.29, 0.717) is 27.1 Å². The molecule has 1 N–H and O–H groups in total. The second kappa shape index (κ2) is 7.78. The molecule has 0 aliphatic carbocycles. The lowest BCUT2D eigenvalue weighted by Crippen LogP contribution is -1.99. The number of rotatable bonds is 6. The Morgan fingerprint density at radius 3 is 2.78 bits per heavy atom. The Morgan fingerprint density at radius 2 is 2.13 bits per heavy atom. The third-order valence-electron chi connectivity index (χ3n) is 2.94. The zero-order valence-corrected chi connectivity index (χ0v) is 13.8. The maximum absolute atomic E-state index is 13.2. The molecule has 6 heteroatoms. The second-order valence-corrected chi connectivity index (χ2v) is 5.48. The number of carboxylic acids is 1. The lowest BCUT2D eigenvalue weighted by Gasteiger charge is -2.13. The average molecular weight is 381 g/mol. The number of halogens is 2. The van der Waals surface area contributed by atoms with Crippen LogP contribution in [0.4, 0.5) is 4.39 Å². The van der Waals surface area contributed by atoms with Crippen LogP contribution in [0.3, 0.4) is 0 Å². The number of aliphatic carboxylic acids is 1. The Bertz CT molecular complexity index is 743. The summed E-state index contributed by atoms with van der Waals surface area (Å²) in [6.07, 6.45) is 2.49. The molecule has 2 rings (SSSR count). The Labute approximate surface area is 141 Å². The van der Waals surface area contributed by atoms with E-state index in [1.807, 2.05) is 0 Å². The molecule has 0 radical (unpaired) electrons. The monoisotopic (exact) mass is 380 g/mol. The molecular formula is C17H14BrFO4. The molecule has 0 aromatic heterocycles. The van der Waals surface area contributed by atoms with Crippen molar-refractivity contribution in [3.05, 3.63) is 63.9 Å². The summed E-state index contributed by atoms with van der Waals surface area (Å²) in [4.78, 5) is 10.6. The molecule has 0 saturated heterocycles. The van der Waals surface area contributed by atoms with Crippen LogP contribution in [-0.4, -0.2) is 18.2 Å². The highest BCUT2D eigenvalue weighted by Gasteiger charge is 2.11. The first-order valence-electron chi connectivity index (χ1n) is 6.65. The van der Waals surface area contributed by atoms with Crippen LogP contribution in [0.5, 0.6) is 11.5 Å². The summed E-state index contributed by atoms with van der Waals surface area (Å²) >= 11 is 3.37. The van der Waals surface area contributed by atoms with Crippen LogP contribution in [0.2, 0.25) is 0 Å². The van der Waals surface area contributed by atoms with Crippen molar-refractivity contribution in [2.75, 3.05) is 7.11 Å². The SMILES string of the molecule is COc1cc(C=CC(=O)O)cc(Br)c1OCc1cccc(F)c1. The van der Waals surface area contributed by atoms with E-state index in [1.165, 1.54) is 25.3 Å². The normalized spacial score (nSPS) is 10.7. The van der Waals surface area contributed by atoms with Crippen molar-refractivity contribution in [2.45, 2.75) is 6.61 Å². The van der Waals surface area contributed by atoms with Gasteiger partial charge in [-0.3, -0.25) is 0 Å². The van der Waals surface area contributed by atoms with Gasteiger partial charge in [-0.25, -0.2) is 9.18 Å². The van der Waals surface area contributed by atoms with Crippen molar-refractivity contribution in [2.24, 2.45) is 0 Å². The van der Waals surface area contributed by atoms with E-state index < -0.39 is 5.97 Å². The van der Waals surface area contributed by atoms with Gasteiger partial charge in [-0.15, -0.1) is 0 Å². The molecule has 0 atom stereocenters. The van der Waals surface area contributed by atoms with Crippen molar-refractivity contribution in [3.8, 4) is 11.5 Å². The highest BCUT2D eigenvalue weighted by Crippen LogP contribution is 2.37. The second-order valence-electron chi connectivity index (χ2n) is 4.62. The quantitative estimate of drug-likeness (QED) is 0.760. The molecule has 4 nitrogen and oxygen atoms in total. The van der Waals surface area contributed by atoms with Gasteiger partial charge in [0.15, 0.2) is 11.5 Å². The number of hydrogen-bond acceptors (Lipinski definition) is 3. The van der Waals surface area contributed by atoms with Gasteiger partial charge in [-0.05, 0) is 57.4 Å². The maximum atomic E-state index is 13.2. The van der Waals surface area contributed by atoms with Crippen molar-refractivity contribution in [1.82, 2.24) is 0 Å². The number of ether oxygens (including phenoxy) is 2. The molecule has 120 valence electrons. The lowest BCUT2D eigenvalue weighted by atomic mass is 10.2. The van der Waals surface area contributed by atoms with Crippen molar-refractivity contribution in [3.63, 3.8) is 0 Å². The summed E-state index contributed by atoms with van der Waals surface area (Å²) in [6.45, 7) is 0.178. The molecule has 0 aliphatic rings. The third kappa shape index (κ3) is 4.82. The highest BCUT2D eigenvalue weighted by atomic mass is 79.9. The Kier molecular flexibility index (Phi) is 5.76. The molecule has 2 aromatic rings. The topological polar surface area (TPSA) is 55.8 Å².